The Morgan fingerprint density at radius 3 is 2.68 bits per heavy atom. The highest BCUT2D eigenvalue weighted by atomic mass is 16.5. The molecule has 4 rings (SSSR count). The molecule has 0 amide bonds. The Morgan fingerprint density at radius 1 is 1.07 bits per heavy atom. The van der Waals surface area contributed by atoms with Crippen LogP contribution in [0.5, 0.6) is 5.75 Å². The van der Waals surface area contributed by atoms with Crippen LogP contribution in [0.3, 0.4) is 0 Å². The van der Waals surface area contributed by atoms with E-state index in [0.717, 1.165) is 24.6 Å². The van der Waals surface area contributed by atoms with Gasteiger partial charge in [-0.25, -0.2) is 0 Å². The van der Waals surface area contributed by atoms with Crippen molar-refractivity contribution in [3.05, 3.63) is 65.2 Å². The first-order valence-electron chi connectivity index (χ1n) is 11.0. The largest absolute Gasteiger partial charge is 0.497 e. The third-order valence-corrected chi connectivity index (χ3v) is 7.36. The standard InChI is InChI=1S/C26H35NO/c1-26-16-9-5-8-12-22(18-21-13-14-23(28-3)19-24(21)26)25(26)27(2)17-15-20-10-6-4-7-11-20/h4,6-7,10-11,13-14,19,22,25H,5,8-9,12,15-18H2,1-3H3/t22-,25-,26+/m0/s1. The predicted molar refractivity (Wildman–Crippen MR) is 117 cm³/mol. The smallest absolute Gasteiger partial charge is 0.119 e. The van der Waals surface area contributed by atoms with E-state index in [1.807, 2.05) is 0 Å². The van der Waals surface area contributed by atoms with Gasteiger partial charge in [-0.1, -0.05) is 62.6 Å². The summed E-state index contributed by atoms with van der Waals surface area (Å²) in [4.78, 5) is 2.69. The lowest BCUT2D eigenvalue weighted by Crippen LogP contribution is -2.56. The number of likely N-dealkylation sites (N-methyl/N-ethyl adjacent to an activating group) is 1. The fourth-order valence-electron chi connectivity index (χ4n) is 6.02. The van der Waals surface area contributed by atoms with Crippen LogP contribution in [0.2, 0.25) is 0 Å². The van der Waals surface area contributed by atoms with Crippen molar-refractivity contribution in [1.82, 2.24) is 4.90 Å². The number of fused-ring (bicyclic) bond motifs is 4. The molecule has 0 unspecified atom stereocenters. The lowest BCUT2D eigenvalue weighted by molar-refractivity contribution is 0.0650. The van der Waals surface area contributed by atoms with E-state index in [0.29, 0.717) is 6.04 Å². The fraction of sp³-hybridized carbons (Fsp3) is 0.538. The number of rotatable bonds is 5. The van der Waals surface area contributed by atoms with E-state index in [-0.39, 0.29) is 5.41 Å². The van der Waals surface area contributed by atoms with Crippen molar-refractivity contribution in [2.45, 2.75) is 63.3 Å². The monoisotopic (exact) mass is 377 g/mol. The van der Waals surface area contributed by atoms with E-state index in [2.05, 4.69) is 67.4 Å². The molecular formula is C26H35NO. The molecule has 150 valence electrons. The summed E-state index contributed by atoms with van der Waals surface area (Å²) in [7, 11) is 4.16. The minimum absolute atomic E-state index is 0.207. The molecule has 0 aromatic heterocycles. The van der Waals surface area contributed by atoms with Crippen molar-refractivity contribution in [3.63, 3.8) is 0 Å². The number of hydrogen-bond donors (Lipinski definition) is 0. The lowest BCUT2D eigenvalue weighted by atomic mass is 9.59. The zero-order chi connectivity index (χ0) is 19.6. The Hall–Kier alpha value is -1.80. The quantitative estimate of drug-likeness (QED) is 0.669. The first-order chi connectivity index (χ1) is 13.6. The average Bonchev–Trinajstić information content (AvgIpc) is 2.71. The van der Waals surface area contributed by atoms with Crippen molar-refractivity contribution < 1.29 is 4.74 Å². The molecule has 0 spiro atoms. The summed E-state index contributed by atoms with van der Waals surface area (Å²) < 4.78 is 5.61. The molecule has 2 bridgehead atoms. The summed E-state index contributed by atoms with van der Waals surface area (Å²) >= 11 is 0. The van der Waals surface area contributed by atoms with Gasteiger partial charge in [-0.3, -0.25) is 0 Å². The van der Waals surface area contributed by atoms with Gasteiger partial charge in [-0.2, -0.15) is 0 Å². The van der Waals surface area contributed by atoms with Crippen LogP contribution in [-0.4, -0.2) is 31.6 Å². The Morgan fingerprint density at radius 2 is 1.89 bits per heavy atom. The van der Waals surface area contributed by atoms with E-state index in [4.69, 9.17) is 4.74 Å². The maximum Gasteiger partial charge on any atom is 0.119 e. The maximum atomic E-state index is 5.61. The van der Waals surface area contributed by atoms with Gasteiger partial charge in [0.25, 0.3) is 0 Å². The van der Waals surface area contributed by atoms with Gasteiger partial charge in [0.05, 0.1) is 7.11 Å². The highest BCUT2D eigenvalue weighted by molar-refractivity contribution is 5.44. The average molecular weight is 378 g/mol. The first-order valence-corrected chi connectivity index (χ1v) is 11.0. The Kier molecular flexibility index (Phi) is 5.78. The van der Waals surface area contributed by atoms with Crippen LogP contribution in [0.4, 0.5) is 0 Å². The SMILES string of the molecule is COc1ccc2c(c1)[C@@]1(C)CCCCC[C@@H](C2)[C@@H]1N(C)CCc1ccccc1. The Labute approximate surface area is 170 Å². The van der Waals surface area contributed by atoms with Crippen LogP contribution in [0.1, 0.15) is 55.7 Å². The molecule has 0 heterocycles. The molecule has 2 aromatic rings. The second-order valence-corrected chi connectivity index (χ2v) is 9.17. The zero-order valence-corrected chi connectivity index (χ0v) is 17.8. The van der Waals surface area contributed by atoms with Crippen molar-refractivity contribution in [3.8, 4) is 5.75 Å². The molecular weight excluding hydrogens is 342 g/mol. The second kappa shape index (κ2) is 8.29. The maximum absolute atomic E-state index is 5.61. The molecule has 2 aliphatic rings. The summed E-state index contributed by atoms with van der Waals surface area (Å²) in [6.07, 6.45) is 9.09. The first kappa shape index (κ1) is 19.5. The molecule has 0 N–H and O–H groups in total. The number of nitrogens with zero attached hydrogens (tertiary/aromatic N) is 1. The van der Waals surface area contributed by atoms with Crippen molar-refractivity contribution in [2.75, 3.05) is 20.7 Å². The molecule has 0 radical (unpaired) electrons. The summed E-state index contributed by atoms with van der Waals surface area (Å²) in [6, 6.07) is 18.4. The van der Waals surface area contributed by atoms with Crippen LogP contribution in [-0.2, 0) is 18.3 Å². The van der Waals surface area contributed by atoms with Gasteiger partial charge < -0.3 is 9.64 Å². The van der Waals surface area contributed by atoms with Crippen LogP contribution < -0.4 is 4.74 Å². The van der Waals surface area contributed by atoms with Crippen LogP contribution >= 0.6 is 0 Å². The molecule has 2 aromatic carbocycles. The van der Waals surface area contributed by atoms with E-state index in [9.17, 15) is 0 Å². The van der Waals surface area contributed by atoms with Gasteiger partial charge in [0.2, 0.25) is 0 Å². The summed E-state index contributed by atoms with van der Waals surface area (Å²) in [5, 5.41) is 0. The minimum Gasteiger partial charge on any atom is -0.497 e. The molecule has 1 fully saturated rings. The molecule has 2 nitrogen and oxygen atoms in total. The van der Waals surface area contributed by atoms with Crippen LogP contribution in [0.15, 0.2) is 48.5 Å². The predicted octanol–water partition coefficient (Wildman–Crippen LogP) is 5.63. The number of ether oxygens (including phenoxy) is 1. The van der Waals surface area contributed by atoms with E-state index in [1.165, 1.54) is 44.1 Å². The number of methoxy groups -OCH3 is 1. The van der Waals surface area contributed by atoms with Gasteiger partial charge in [0.1, 0.15) is 5.75 Å². The van der Waals surface area contributed by atoms with Crippen molar-refractivity contribution in [1.29, 1.82) is 0 Å². The molecule has 28 heavy (non-hydrogen) atoms. The van der Waals surface area contributed by atoms with E-state index < -0.39 is 0 Å². The van der Waals surface area contributed by atoms with Gasteiger partial charge in [0.15, 0.2) is 0 Å². The highest BCUT2D eigenvalue weighted by Gasteiger charge is 2.47. The second-order valence-electron chi connectivity index (χ2n) is 9.17. The van der Waals surface area contributed by atoms with Crippen LogP contribution in [0, 0.1) is 5.92 Å². The van der Waals surface area contributed by atoms with Gasteiger partial charge in [-0.05, 0) is 67.5 Å². The molecule has 1 saturated carbocycles. The minimum atomic E-state index is 0.207. The third-order valence-electron chi connectivity index (χ3n) is 7.36. The number of benzene rings is 2. The normalized spacial score (nSPS) is 27.0. The molecule has 2 aliphatic carbocycles. The van der Waals surface area contributed by atoms with Gasteiger partial charge in [-0.15, -0.1) is 0 Å². The highest BCUT2D eigenvalue weighted by Crippen LogP contribution is 2.49. The fourth-order valence-corrected chi connectivity index (χ4v) is 6.02. The van der Waals surface area contributed by atoms with Gasteiger partial charge in [0, 0.05) is 18.0 Å². The summed E-state index contributed by atoms with van der Waals surface area (Å²) in [6.45, 7) is 3.66. The van der Waals surface area contributed by atoms with E-state index in [1.54, 1.807) is 18.2 Å². The Balaban J connectivity index is 1.65. The van der Waals surface area contributed by atoms with Crippen molar-refractivity contribution in [2.24, 2.45) is 5.92 Å². The molecule has 0 aliphatic heterocycles. The zero-order valence-electron chi connectivity index (χ0n) is 17.8. The molecule has 2 heteroatoms. The third kappa shape index (κ3) is 3.72. The van der Waals surface area contributed by atoms with Crippen molar-refractivity contribution >= 4 is 0 Å². The van der Waals surface area contributed by atoms with E-state index >= 15 is 0 Å². The summed E-state index contributed by atoms with van der Waals surface area (Å²) in [5.74, 6) is 1.76. The van der Waals surface area contributed by atoms with Gasteiger partial charge >= 0.3 is 0 Å². The lowest BCUT2D eigenvalue weighted by Gasteiger charge is -2.52. The van der Waals surface area contributed by atoms with Crippen LogP contribution in [0.25, 0.3) is 0 Å². The topological polar surface area (TPSA) is 12.5 Å². The Bertz CT molecular complexity index is 786. The number of hydrogen-bond acceptors (Lipinski definition) is 2. The summed E-state index contributed by atoms with van der Waals surface area (Å²) in [5.41, 5.74) is 4.75. The molecule has 0 saturated heterocycles. The molecule has 3 atom stereocenters.